The summed E-state index contributed by atoms with van der Waals surface area (Å²) in [6.07, 6.45) is 2.99. The first kappa shape index (κ1) is 14.3. The molecule has 1 atom stereocenters. The Morgan fingerprint density at radius 1 is 1.32 bits per heavy atom. The fraction of sp³-hybridized carbons (Fsp3) is 0.312. The number of hydrogen-bond acceptors (Lipinski definition) is 5. The molecule has 6 heteroatoms. The lowest BCUT2D eigenvalue weighted by molar-refractivity contribution is 0.0632. The van der Waals surface area contributed by atoms with Crippen LogP contribution < -0.4 is 9.47 Å². The highest BCUT2D eigenvalue weighted by Gasteiger charge is 2.27. The standard InChI is InChI=1S/C16H17N3O3/c1-11-10-22-14-6-4-3-5-12(14)9-19(11)16(20)15-17-7-13(21-2)8-18-15/h3-8,11H,9-10H2,1-2H3. The monoisotopic (exact) mass is 299 g/mol. The number of aromatic nitrogens is 2. The van der Waals surface area contributed by atoms with Gasteiger partial charge in [-0.3, -0.25) is 4.79 Å². The van der Waals surface area contributed by atoms with E-state index in [1.54, 1.807) is 4.90 Å². The van der Waals surface area contributed by atoms with Crippen molar-refractivity contribution in [1.29, 1.82) is 0 Å². The molecule has 0 bridgehead atoms. The van der Waals surface area contributed by atoms with Crippen molar-refractivity contribution in [3.63, 3.8) is 0 Å². The maximum absolute atomic E-state index is 12.7. The Morgan fingerprint density at radius 2 is 2.05 bits per heavy atom. The Hall–Kier alpha value is -2.63. The Kier molecular flexibility index (Phi) is 3.91. The van der Waals surface area contributed by atoms with Crippen molar-refractivity contribution in [3.05, 3.63) is 48.0 Å². The van der Waals surface area contributed by atoms with Gasteiger partial charge in [-0.15, -0.1) is 0 Å². The summed E-state index contributed by atoms with van der Waals surface area (Å²) in [6, 6.07) is 7.67. The summed E-state index contributed by atoms with van der Waals surface area (Å²) in [5.41, 5.74) is 0.980. The number of rotatable bonds is 2. The van der Waals surface area contributed by atoms with Crippen LogP contribution in [-0.2, 0) is 6.54 Å². The molecule has 0 aliphatic carbocycles. The number of methoxy groups -OCH3 is 1. The normalized spacial score (nSPS) is 17.2. The van der Waals surface area contributed by atoms with Crippen molar-refractivity contribution >= 4 is 5.91 Å². The van der Waals surface area contributed by atoms with Crippen molar-refractivity contribution in [1.82, 2.24) is 14.9 Å². The average Bonchev–Trinajstić information content (AvgIpc) is 2.74. The summed E-state index contributed by atoms with van der Waals surface area (Å²) in [5.74, 6) is 1.29. The van der Waals surface area contributed by atoms with E-state index in [1.165, 1.54) is 19.5 Å². The van der Waals surface area contributed by atoms with Gasteiger partial charge in [0.1, 0.15) is 12.4 Å². The molecule has 1 aliphatic heterocycles. The van der Waals surface area contributed by atoms with Crippen LogP contribution in [0.15, 0.2) is 36.7 Å². The first-order valence-corrected chi connectivity index (χ1v) is 7.06. The minimum atomic E-state index is -0.213. The summed E-state index contributed by atoms with van der Waals surface area (Å²) in [7, 11) is 1.53. The Morgan fingerprint density at radius 3 is 2.77 bits per heavy atom. The molecule has 3 rings (SSSR count). The number of ether oxygens (including phenoxy) is 2. The minimum absolute atomic E-state index is 0.0643. The van der Waals surface area contributed by atoms with Crippen LogP contribution in [0.2, 0.25) is 0 Å². The molecule has 0 spiro atoms. The van der Waals surface area contributed by atoms with E-state index in [4.69, 9.17) is 9.47 Å². The fourth-order valence-corrected chi connectivity index (χ4v) is 2.35. The number of para-hydroxylation sites is 1. The third kappa shape index (κ3) is 2.72. The van der Waals surface area contributed by atoms with Crippen LogP contribution in [0, 0.1) is 0 Å². The van der Waals surface area contributed by atoms with Crippen molar-refractivity contribution in [2.24, 2.45) is 0 Å². The van der Waals surface area contributed by atoms with Gasteiger partial charge in [-0.05, 0) is 13.0 Å². The van der Waals surface area contributed by atoms with Gasteiger partial charge in [0.2, 0.25) is 5.82 Å². The SMILES string of the molecule is COc1cnc(C(=O)N2Cc3ccccc3OCC2C)nc1. The summed E-state index contributed by atoms with van der Waals surface area (Å²) >= 11 is 0. The average molecular weight is 299 g/mol. The molecule has 0 saturated heterocycles. The van der Waals surface area contributed by atoms with E-state index in [9.17, 15) is 4.79 Å². The van der Waals surface area contributed by atoms with E-state index in [-0.39, 0.29) is 17.8 Å². The predicted octanol–water partition coefficient (Wildman–Crippen LogP) is 1.91. The van der Waals surface area contributed by atoms with E-state index in [0.29, 0.717) is 18.9 Å². The molecule has 1 amide bonds. The zero-order valence-electron chi connectivity index (χ0n) is 12.5. The molecular formula is C16H17N3O3. The second-order valence-electron chi connectivity index (χ2n) is 5.15. The summed E-state index contributed by atoms with van der Waals surface area (Å²) in [6.45, 7) is 2.87. The highest BCUT2D eigenvalue weighted by atomic mass is 16.5. The van der Waals surface area contributed by atoms with Crippen molar-refractivity contribution < 1.29 is 14.3 Å². The van der Waals surface area contributed by atoms with E-state index in [0.717, 1.165) is 11.3 Å². The van der Waals surface area contributed by atoms with E-state index in [1.807, 2.05) is 31.2 Å². The molecule has 2 aromatic rings. The molecule has 1 aliphatic rings. The molecule has 6 nitrogen and oxygen atoms in total. The van der Waals surface area contributed by atoms with Crippen LogP contribution >= 0.6 is 0 Å². The van der Waals surface area contributed by atoms with Crippen LogP contribution in [0.5, 0.6) is 11.5 Å². The Labute approximate surface area is 128 Å². The van der Waals surface area contributed by atoms with Gasteiger partial charge in [0.25, 0.3) is 5.91 Å². The van der Waals surface area contributed by atoms with E-state index >= 15 is 0 Å². The Bertz CT molecular complexity index is 673. The molecule has 0 N–H and O–H groups in total. The summed E-state index contributed by atoms with van der Waals surface area (Å²) < 4.78 is 10.8. The van der Waals surface area contributed by atoms with Gasteiger partial charge in [0, 0.05) is 5.56 Å². The van der Waals surface area contributed by atoms with Crippen LogP contribution in [-0.4, -0.2) is 40.5 Å². The number of nitrogens with zero attached hydrogens (tertiary/aromatic N) is 3. The number of hydrogen-bond donors (Lipinski definition) is 0. The van der Waals surface area contributed by atoms with E-state index < -0.39 is 0 Å². The fourth-order valence-electron chi connectivity index (χ4n) is 2.35. The lowest BCUT2D eigenvalue weighted by Gasteiger charge is -2.25. The van der Waals surface area contributed by atoms with Crippen molar-refractivity contribution in [2.45, 2.75) is 19.5 Å². The number of carbonyl (C=O) groups excluding carboxylic acids is 1. The summed E-state index contributed by atoms with van der Waals surface area (Å²) in [5, 5.41) is 0. The van der Waals surface area contributed by atoms with Crippen LogP contribution in [0.3, 0.4) is 0 Å². The zero-order valence-corrected chi connectivity index (χ0v) is 12.5. The highest BCUT2D eigenvalue weighted by Crippen LogP contribution is 2.25. The number of carbonyl (C=O) groups is 1. The van der Waals surface area contributed by atoms with Crippen LogP contribution in [0.25, 0.3) is 0 Å². The molecule has 1 unspecified atom stereocenters. The van der Waals surface area contributed by atoms with Crippen molar-refractivity contribution in [2.75, 3.05) is 13.7 Å². The number of amides is 1. The molecule has 0 fully saturated rings. The lowest BCUT2D eigenvalue weighted by atomic mass is 10.2. The van der Waals surface area contributed by atoms with Crippen molar-refractivity contribution in [3.8, 4) is 11.5 Å². The van der Waals surface area contributed by atoms with E-state index in [2.05, 4.69) is 9.97 Å². The molecule has 0 radical (unpaired) electrons. The second kappa shape index (κ2) is 6.01. The summed E-state index contributed by atoms with van der Waals surface area (Å²) in [4.78, 5) is 22.6. The first-order chi connectivity index (χ1) is 10.7. The van der Waals surface area contributed by atoms with Gasteiger partial charge in [-0.1, -0.05) is 18.2 Å². The van der Waals surface area contributed by atoms with Gasteiger partial charge >= 0.3 is 0 Å². The third-order valence-corrected chi connectivity index (χ3v) is 3.64. The Balaban J connectivity index is 1.87. The maximum atomic E-state index is 12.7. The number of benzene rings is 1. The van der Waals surface area contributed by atoms with Gasteiger partial charge < -0.3 is 14.4 Å². The van der Waals surface area contributed by atoms with Gasteiger partial charge in [-0.2, -0.15) is 0 Å². The second-order valence-corrected chi connectivity index (χ2v) is 5.15. The quantitative estimate of drug-likeness (QED) is 0.847. The zero-order chi connectivity index (χ0) is 15.5. The maximum Gasteiger partial charge on any atom is 0.292 e. The smallest absolute Gasteiger partial charge is 0.292 e. The van der Waals surface area contributed by atoms with Crippen LogP contribution in [0.1, 0.15) is 23.1 Å². The molecule has 2 heterocycles. The van der Waals surface area contributed by atoms with Crippen LogP contribution in [0.4, 0.5) is 0 Å². The highest BCUT2D eigenvalue weighted by molar-refractivity contribution is 5.90. The first-order valence-electron chi connectivity index (χ1n) is 7.06. The molecule has 22 heavy (non-hydrogen) atoms. The molecule has 114 valence electrons. The topological polar surface area (TPSA) is 64.5 Å². The lowest BCUT2D eigenvalue weighted by Crippen LogP contribution is -2.40. The predicted molar refractivity (Wildman–Crippen MR) is 79.9 cm³/mol. The van der Waals surface area contributed by atoms with Gasteiger partial charge in [0.05, 0.1) is 32.1 Å². The molecule has 1 aromatic carbocycles. The van der Waals surface area contributed by atoms with Gasteiger partial charge in [0.15, 0.2) is 5.75 Å². The minimum Gasteiger partial charge on any atom is -0.494 e. The van der Waals surface area contributed by atoms with Gasteiger partial charge in [-0.25, -0.2) is 9.97 Å². The molecular weight excluding hydrogens is 282 g/mol. The molecule has 1 aromatic heterocycles. The number of fused-ring (bicyclic) bond motifs is 1. The largest absolute Gasteiger partial charge is 0.494 e. The third-order valence-electron chi connectivity index (χ3n) is 3.64. The molecule has 0 saturated carbocycles.